The zero-order chi connectivity index (χ0) is 28.6. The van der Waals surface area contributed by atoms with Crippen molar-refractivity contribution in [1.82, 2.24) is 10.6 Å². The molecule has 3 unspecified atom stereocenters. The molecule has 0 saturated heterocycles. The molecule has 1 fully saturated rings. The van der Waals surface area contributed by atoms with Crippen molar-refractivity contribution in [3.8, 4) is 0 Å². The summed E-state index contributed by atoms with van der Waals surface area (Å²) in [5, 5.41) is 5.67. The van der Waals surface area contributed by atoms with Gasteiger partial charge in [-0.2, -0.15) is 0 Å². The molecule has 0 aromatic heterocycles. The monoisotopic (exact) mass is 540 g/mol. The number of nitrogens with one attached hydrogen (secondary N) is 2. The standard InChI is InChI=1S/C27H44N2O9/c1-7-10-11-34-16-21(38-23(31)9-3)17-37-24(32)28-19-27(6)15-20(14-26(4,5)18-27)29-25(33)36-13-12-35-22(30)8-2/h8-9,20-21H,2-3,7,10-19H2,1,4-6H3,(H,28,32)(H,29,33). The minimum Gasteiger partial charge on any atom is -0.459 e. The van der Waals surface area contributed by atoms with E-state index in [0.717, 1.165) is 37.8 Å². The lowest BCUT2D eigenvalue weighted by atomic mass is 9.62. The van der Waals surface area contributed by atoms with Gasteiger partial charge in [0.15, 0.2) is 6.10 Å². The molecule has 0 bridgehead atoms. The highest BCUT2D eigenvalue weighted by atomic mass is 16.6. The maximum Gasteiger partial charge on any atom is 0.407 e. The predicted octanol–water partition coefficient (Wildman–Crippen LogP) is 3.67. The number of carbonyl (C=O) groups excluding carboxylic acids is 4. The molecule has 11 heteroatoms. The van der Waals surface area contributed by atoms with E-state index in [9.17, 15) is 19.2 Å². The van der Waals surface area contributed by atoms with Crippen LogP contribution in [0.1, 0.15) is 59.8 Å². The first-order valence-electron chi connectivity index (χ1n) is 13.0. The summed E-state index contributed by atoms with van der Waals surface area (Å²) in [6, 6.07) is -0.173. The lowest BCUT2D eigenvalue weighted by molar-refractivity contribution is -0.148. The molecule has 11 nitrogen and oxygen atoms in total. The molecule has 1 rings (SSSR count). The van der Waals surface area contributed by atoms with Gasteiger partial charge in [-0.05, 0) is 36.5 Å². The van der Waals surface area contributed by atoms with Crippen LogP contribution in [0.2, 0.25) is 0 Å². The van der Waals surface area contributed by atoms with Gasteiger partial charge in [0.1, 0.15) is 19.8 Å². The number of amides is 2. The van der Waals surface area contributed by atoms with E-state index in [1.165, 1.54) is 0 Å². The van der Waals surface area contributed by atoms with Gasteiger partial charge in [-0.25, -0.2) is 19.2 Å². The fourth-order valence-electron chi connectivity index (χ4n) is 4.71. The fourth-order valence-corrected chi connectivity index (χ4v) is 4.71. The molecule has 0 heterocycles. The average Bonchev–Trinajstić information content (AvgIpc) is 2.84. The molecule has 1 saturated carbocycles. The molecular weight excluding hydrogens is 496 g/mol. The van der Waals surface area contributed by atoms with E-state index >= 15 is 0 Å². The summed E-state index contributed by atoms with van der Waals surface area (Å²) in [5.41, 5.74) is -0.425. The topological polar surface area (TPSA) is 138 Å². The smallest absolute Gasteiger partial charge is 0.407 e. The third-order valence-electron chi connectivity index (χ3n) is 5.95. The Morgan fingerprint density at radius 2 is 1.61 bits per heavy atom. The van der Waals surface area contributed by atoms with Gasteiger partial charge in [-0.1, -0.05) is 47.3 Å². The number of esters is 2. The van der Waals surface area contributed by atoms with E-state index < -0.39 is 30.2 Å². The quantitative estimate of drug-likeness (QED) is 0.130. The second-order valence-corrected chi connectivity index (χ2v) is 10.6. The second kappa shape index (κ2) is 16.7. The highest BCUT2D eigenvalue weighted by Gasteiger charge is 2.42. The first kappa shape index (κ1) is 32.9. The van der Waals surface area contributed by atoms with Gasteiger partial charge in [0.2, 0.25) is 0 Å². The number of ether oxygens (including phenoxy) is 5. The highest BCUT2D eigenvalue weighted by Crippen LogP contribution is 2.45. The van der Waals surface area contributed by atoms with Crippen molar-refractivity contribution >= 4 is 24.1 Å². The molecule has 0 aromatic rings. The Balaban J connectivity index is 2.56. The highest BCUT2D eigenvalue weighted by molar-refractivity contribution is 5.81. The number of alkyl carbamates (subject to hydrolysis) is 2. The van der Waals surface area contributed by atoms with Crippen LogP contribution in [0.25, 0.3) is 0 Å². The minimum absolute atomic E-state index is 0.0588. The summed E-state index contributed by atoms with van der Waals surface area (Å²) >= 11 is 0. The van der Waals surface area contributed by atoms with Crippen LogP contribution in [0.3, 0.4) is 0 Å². The predicted molar refractivity (Wildman–Crippen MR) is 140 cm³/mol. The van der Waals surface area contributed by atoms with Gasteiger partial charge >= 0.3 is 24.1 Å². The Hall–Kier alpha value is -3.08. The van der Waals surface area contributed by atoms with Crippen LogP contribution in [0.4, 0.5) is 9.59 Å². The Labute approximate surface area is 225 Å². The number of unbranched alkanes of at least 4 members (excludes halogenated alkanes) is 1. The molecule has 216 valence electrons. The van der Waals surface area contributed by atoms with Crippen molar-refractivity contribution in [2.75, 3.05) is 39.6 Å². The summed E-state index contributed by atoms with van der Waals surface area (Å²) in [6.45, 7) is 15.6. The van der Waals surface area contributed by atoms with Crippen molar-refractivity contribution in [3.63, 3.8) is 0 Å². The molecule has 0 aromatic carbocycles. The van der Waals surface area contributed by atoms with E-state index in [2.05, 4.69) is 37.6 Å². The zero-order valence-corrected chi connectivity index (χ0v) is 23.2. The summed E-state index contributed by atoms with van der Waals surface area (Å²) in [7, 11) is 0. The van der Waals surface area contributed by atoms with Crippen LogP contribution < -0.4 is 10.6 Å². The number of hydrogen-bond acceptors (Lipinski definition) is 9. The molecule has 2 N–H and O–H groups in total. The summed E-state index contributed by atoms with van der Waals surface area (Å²) in [4.78, 5) is 47.3. The third-order valence-corrected chi connectivity index (χ3v) is 5.95. The summed E-state index contributed by atoms with van der Waals surface area (Å²) in [5.74, 6) is -1.21. The first-order chi connectivity index (χ1) is 17.9. The molecule has 1 aliphatic carbocycles. The molecular formula is C27H44N2O9. The number of carbonyl (C=O) groups is 4. The van der Waals surface area contributed by atoms with Crippen molar-refractivity contribution < 1.29 is 42.9 Å². The largest absolute Gasteiger partial charge is 0.459 e. The molecule has 1 aliphatic rings. The Morgan fingerprint density at radius 3 is 2.26 bits per heavy atom. The number of rotatable bonds is 16. The van der Waals surface area contributed by atoms with Gasteiger partial charge in [0.25, 0.3) is 0 Å². The summed E-state index contributed by atoms with van der Waals surface area (Å²) < 4.78 is 25.9. The zero-order valence-electron chi connectivity index (χ0n) is 23.2. The number of hydrogen-bond donors (Lipinski definition) is 2. The van der Waals surface area contributed by atoms with Gasteiger partial charge in [-0.3, -0.25) is 0 Å². The van der Waals surface area contributed by atoms with Crippen LogP contribution in [0.5, 0.6) is 0 Å². The second-order valence-electron chi connectivity index (χ2n) is 10.6. The fraction of sp³-hybridized carbons (Fsp3) is 0.704. The van der Waals surface area contributed by atoms with Crippen LogP contribution in [0, 0.1) is 10.8 Å². The molecule has 0 radical (unpaired) electrons. The summed E-state index contributed by atoms with van der Waals surface area (Å²) in [6.07, 6.45) is 4.11. The van der Waals surface area contributed by atoms with E-state index in [0.29, 0.717) is 19.6 Å². The molecule has 2 amide bonds. The third kappa shape index (κ3) is 14.0. The first-order valence-corrected chi connectivity index (χ1v) is 13.0. The van der Waals surface area contributed by atoms with Crippen molar-refractivity contribution in [2.24, 2.45) is 10.8 Å². The maximum atomic E-state index is 12.4. The van der Waals surface area contributed by atoms with Crippen molar-refractivity contribution in [1.29, 1.82) is 0 Å². The van der Waals surface area contributed by atoms with E-state index in [-0.39, 0.29) is 43.3 Å². The molecule has 38 heavy (non-hydrogen) atoms. The van der Waals surface area contributed by atoms with Crippen molar-refractivity contribution in [2.45, 2.75) is 71.9 Å². The Morgan fingerprint density at radius 1 is 0.921 bits per heavy atom. The van der Waals surface area contributed by atoms with E-state index in [1.807, 2.05) is 13.8 Å². The van der Waals surface area contributed by atoms with Crippen molar-refractivity contribution in [3.05, 3.63) is 25.3 Å². The SMILES string of the molecule is C=CC(=O)OCCOC(=O)NC1CC(C)(C)CC(C)(CNC(=O)OCC(COCCCC)OC(=O)C=C)C1. The normalized spacial score (nSPS) is 20.8. The lowest BCUT2D eigenvalue weighted by Crippen LogP contribution is -2.50. The van der Waals surface area contributed by atoms with Crippen LogP contribution in [-0.4, -0.2) is 75.9 Å². The lowest BCUT2D eigenvalue weighted by Gasteiger charge is -2.46. The Bertz CT molecular complexity index is 814. The average molecular weight is 541 g/mol. The Kier molecular flexibility index (Phi) is 14.5. The van der Waals surface area contributed by atoms with Crippen LogP contribution in [0.15, 0.2) is 25.3 Å². The van der Waals surface area contributed by atoms with Gasteiger partial charge < -0.3 is 34.3 Å². The van der Waals surface area contributed by atoms with Gasteiger partial charge in [0, 0.05) is 31.3 Å². The molecule has 3 atom stereocenters. The maximum absolute atomic E-state index is 12.4. The van der Waals surface area contributed by atoms with Gasteiger partial charge in [-0.15, -0.1) is 0 Å². The molecule has 0 spiro atoms. The van der Waals surface area contributed by atoms with Crippen LogP contribution >= 0.6 is 0 Å². The molecule has 0 aliphatic heterocycles. The van der Waals surface area contributed by atoms with Gasteiger partial charge in [0.05, 0.1) is 6.61 Å². The van der Waals surface area contributed by atoms with Crippen LogP contribution in [-0.2, 0) is 33.3 Å². The van der Waals surface area contributed by atoms with E-state index in [1.54, 1.807) is 0 Å². The van der Waals surface area contributed by atoms with E-state index in [4.69, 9.17) is 23.7 Å². The minimum atomic E-state index is -0.743.